The highest BCUT2D eigenvalue weighted by atomic mass is 79.9. The summed E-state index contributed by atoms with van der Waals surface area (Å²) in [4.78, 5) is 0. The summed E-state index contributed by atoms with van der Waals surface area (Å²) in [6.07, 6.45) is 2.09. The molecule has 0 aromatic heterocycles. The van der Waals surface area contributed by atoms with Gasteiger partial charge in [0, 0.05) is 8.96 Å². The van der Waals surface area contributed by atoms with E-state index in [2.05, 4.69) is 50.1 Å². The lowest BCUT2D eigenvalue weighted by Gasteiger charge is -2.03. The van der Waals surface area contributed by atoms with Crippen molar-refractivity contribution in [2.75, 3.05) is 7.11 Å². The van der Waals surface area contributed by atoms with Gasteiger partial charge in [0.2, 0.25) is 0 Å². The molecular formula is C15H12Br2O. The van der Waals surface area contributed by atoms with Crippen LogP contribution in [-0.2, 0) is 0 Å². The second kappa shape index (κ2) is 6.21. The molecule has 0 aliphatic rings. The second-order valence-electron chi connectivity index (χ2n) is 3.77. The van der Waals surface area contributed by atoms with Crippen LogP contribution in [0.3, 0.4) is 0 Å². The fourth-order valence-corrected chi connectivity index (χ4v) is 2.33. The van der Waals surface area contributed by atoms with E-state index < -0.39 is 0 Å². The largest absolute Gasteiger partial charge is 0.497 e. The number of ether oxygens (including phenoxy) is 1. The fourth-order valence-electron chi connectivity index (χ4n) is 1.54. The lowest BCUT2D eigenvalue weighted by Crippen LogP contribution is -1.83. The molecule has 0 spiro atoms. The monoisotopic (exact) mass is 366 g/mol. The van der Waals surface area contributed by atoms with Crippen molar-refractivity contribution in [2.24, 2.45) is 0 Å². The predicted octanol–water partition coefficient (Wildman–Crippen LogP) is 5.35. The van der Waals surface area contributed by atoms with Gasteiger partial charge >= 0.3 is 0 Å². The molecule has 2 rings (SSSR count). The van der Waals surface area contributed by atoms with E-state index in [-0.39, 0.29) is 0 Å². The standard InChI is InChI=1S/C15H12Br2O/c1-18-14-8-4-12(5-9-14)15(17)10-11-2-6-13(16)7-3-11/h2-10H,1H3. The maximum Gasteiger partial charge on any atom is 0.118 e. The molecule has 0 bridgehead atoms. The first-order valence-corrected chi connectivity index (χ1v) is 7.05. The van der Waals surface area contributed by atoms with E-state index in [4.69, 9.17) is 4.74 Å². The van der Waals surface area contributed by atoms with Crippen LogP contribution in [0.4, 0.5) is 0 Å². The molecule has 0 amide bonds. The Kier molecular flexibility index (Phi) is 4.61. The summed E-state index contributed by atoms with van der Waals surface area (Å²) in [6, 6.07) is 16.1. The van der Waals surface area contributed by atoms with Crippen molar-refractivity contribution in [2.45, 2.75) is 0 Å². The van der Waals surface area contributed by atoms with Crippen LogP contribution >= 0.6 is 31.9 Å². The summed E-state index contributed by atoms with van der Waals surface area (Å²) in [6.45, 7) is 0. The maximum atomic E-state index is 5.14. The smallest absolute Gasteiger partial charge is 0.118 e. The molecule has 0 fully saturated rings. The van der Waals surface area contributed by atoms with E-state index in [1.54, 1.807) is 7.11 Å². The molecule has 0 saturated heterocycles. The van der Waals surface area contributed by atoms with Gasteiger partial charge in [0.1, 0.15) is 5.75 Å². The van der Waals surface area contributed by atoms with Gasteiger partial charge in [0.15, 0.2) is 0 Å². The Balaban J connectivity index is 2.23. The van der Waals surface area contributed by atoms with Crippen LogP contribution in [0.5, 0.6) is 5.75 Å². The SMILES string of the molecule is COc1ccc(C(Br)=Cc2ccc(Br)cc2)cc1. The van der Waals surface area contributed by atoms with Crippen LogP contribution in [0.15, 0.2) is 53.0 Å². The van der Waals surface area contributed by atoms with E-state index >= 15 is 0 Å². The van der Waals surface area contributed by atoms with Gasteiger partial charge in [0.25, 0.3) is 0 Å². The number of benzene rings is 2. The lowest BCUT2D eigenvalue weighted by atomic mass is 10.1. The van der Waals surface area contributed by atoms with E-state index in [0.717, 1.165) is 25.8 Å². The van der Waals surface area contributed by atoms with Gasteiger partial charge in [-0.05, 0) is 41.5 Å². The lowest BCUT2D eigenvalue weighted by molar-refractivity contribution is 0.415. The Morgan fingerprint density at radius 1 is 1.00 bits per heavy atom. The topological polar surface area (TPSA) is 9.23 Å². The minimum absolute atomic E-state index is 0.864. The summed E-state index contributed by atoms with van der Waals surface area (Å²) < 4.78 is 7.27. The van der Waals surface area contributed by atoms with E-state index in [0.29, 0.717) is 0 Å². The van der Waals surface area contributed by atoms with Crippen molar-refractivity contribution in [3.8, 4) is 5.75 Å². The van der Waals surface area contributed by atoms with Crippen molar-refractivity contribution in [1.82, 2.24) is 0 Å². The van der Waals surface area contributed by atoms with Gasteiger partial charge in [-0.25, -0.2) is 0 Å². The first-order valence-electron chi connectivity index (χ1n) is 5.46. The minimum atomic E-state index is 0.864. The Hall–Kier alpha value is -1.06. The van der Waals surface area contributed by atoms with Crippen LogP contribution in [0.2, 0.25) is 0 Å². The van der Waals surface area contributed by atoms with Gasteiger partial charge in [-0.15, -0.1) is 0 Å². The summed E-state index contributed by atoms with van der Waals surface area (Å²) in [5, 5.41) is 0. The normalized spacial score (nSPS) is 11.4. The molecule has 0 heterocycles. The number of hydrogen-bond acceptors (Lipinski definition) is 1. The highest BCUT2D eigenvalue weighted by Gasteiger charge is 1.99. The third-order valence-electron chi connectivity index (χ3n) is 2.53. The average molecular weight is 368 g/mol. The molecule has 0 aliphatic heterocycles. The Morgan fingerprint density at radius 3 is 2.17 bits per heavy atom. The molecule has 92 valence electrons. The van der Waals surface area contributed by atoms with Crippen molar-refractivity contribution < 1.29 is 4.74 Å². The molecular weight excluding hydrogens is 356 g/mol. The first kappa shape index (κ1) is 13.4. The third kappa shape index (κ3) is 3.47. The first-order chi connectivity index (χ1) is 8.69. The van der Waals surface area contributed by atoms with Crippen molar-refractivity contribution in [3.63, 3.8) is 0 Å². The summed E-state index contributed by atoms with van der Waals surface area (Å²) in [7, 11) is 1.67. The van der Waals surface area contributed by atoms with Crippen LogP contribution < -0.4 is 4.74 Å². The Morgan fingerprint density at radius 2 is 1.61 bits per heavy atom. The van der Waals surface area contributed by atoms with E-state index in [1.165, 1.54) is 0 Å². The van der Waals surface area contributed by atoms with Crippen LogP contribution in [-0.4, -0.2) is 7.11 Å². The number of methoxy groups -OCH3 is 1. The molecule has 2 aromatic carbocycles. The van der Waals surface area contributed by atoms with Gasteiger partial charge in [0.05, 0.1) is 7.11 Å². The molecule has 0 saturated carbocycles. The van der Waals surface area contributed by atoms with Gasteiger partial charge in [-0.3, -0.25) is 0 Å². The molecule has 0 N–H and O–H groups in total. The Labute approximate surface area is 124 Å². The van der Waals surface area contributed by atoms with Crippen LogP contribution in [0.1, 0.15) is 11.1 Å². The molecule has 3 heteroatoms. The van der Waals surface area contributed by atoms with Crippen molar-refractivity contribution in [1.29, 1.82) is 0 Å². The predicted molar refractivity (Wildman–Crippen MR) is 83.9 cm³/mol. The average Bonchev–Trinajstić information content (AvgIpc) is 2.41. The number of halogens is 2. The molecule has 18 heavy (non-hydrogen) atoms. The summed E-state index contributed by atoms with van der Waals surface area (Å²) in [5.74, 6) is 0.864. The Bertz CT molecular complexity index is 542. The van der Waals surface area contributed by atoms with E-state index in [1.807, 2.05) is 36.4 Å². The van der Waals surface area contributed by atoms with Crippen molar-refractivity contribution in [3.05, 3.63) is 64.1 Å². The molecule has 0 atom stereocenters. The van der Waals surface area contributed by atoms with Crippen LogP contribution in [0.25, 0.3) is 10.6 Å². The van der Waals surface area contributed by atoms with Gasteiger partial charge in [-0.1, -0.05) is 56.1 Å². The molecule has 2 aromatic rings. The van der Waals surface area contributed by atoms with Crippen LogP contribution in [0, 0.1) is 0 Å². The summed E-state index contributed by atoms with van der Waals surface area (Å²) >= 11 is 7.02. The zero-order valence-electron chi connectivity index (χ0n) is 9.86. The van der Waals surface area contributed by atoms with Gasteiger partial charge in [-0.2, -0.15) is 0 Å². The molecule has 0 radical (unpaired) electrons. The quantitative estimate of drug-likeness (QED) is 0.664. The van der Waals surface area contributed by atoms with Gasteiger partial charge < -0.3 is 4.74 Å². The summed E-state index contributed by atoms with van der Waals surface area (Å²) in [5.41, 5.74) is 2.28. The molecule has 1 nitrogen and oxygen atoms in total. The highest BCUT2D eigenvalue weighted by molar-refractivity contribution is 9.15. The molecule has 0 unspecified atom stereocenters. The molecule has 0 aliphatic carbocycles. The highest BCUT2D eigenvalue weighted by Crippen LogP contribution is 2.26. The fraction of sp³-hybridized carbons (Fsp3) is 0.0667. The van der Waals surface area contributed by atoms with Crippen molar-refractivity contribution >= 4 is 42.4 Å². The maximum absolute atomic E-state index is 5.14. The van der Waals surface area contributed by atoms with E-state index in [9.17, 15) is 0 Å². The number of hydrogen-bond donors (Lipinski definition) is 0. The zero-order valence-corrected chi connectivity index (χ0v) is 13.0. The second-order valence-corrected chi connectivity index (χ2v) is 5.54. The third-order valence-corrected chi connectivity index (χ3v) is 3.74. The minimum Gasteiger partial charge on any atom is -0.497 e. The number of rotatable bonds is 3. The zero-order chi connectivity index (χ0) is 13.0.